The molecule has 0 saturated carbocycles. The SMILES string of the molecule is CCn1nc(C)cc1CS(=O)(=O)c1cccc(C)c1N. The van der Waals surface area contributed by atoms with Crippen LogP contribution in [0.1, 0.15) is 23.9 Å². The van der Waals surface area contributed by atoms with Gasteiger partial charge in [-0.2, -0.15) is 5.10 Å². The van der Waals surface area contributed by atoms with Crippen molar-refractivity contribution in [2.75, 3.05) is 5.73 Å². The molecule has 1 heterocycles. The summed E-state index contributed by atoms with van der Waals surface area (Å²) in [5.41, 5.74) is 8.49. The van der Waals surface area contributed by atoms with E-state index >= 15 is 0 Å². The van der Waals surface area contributed by atoms with E-state index in [4.69, 9.17) is 5.73 Å². The van der Waals surface area contributed by atoms with Crippen molar-refractivity contribution in [1.29, 1.82) is 0 Å². The predicted octanol–water partition coefficient (Wildman–Crippen LogP) is 2.08. The van der Waals surface area contributed by atoms with E-state index in [9.17, 15) is 8.42 Å². The van der Waals surface area contributed by atoms with Gasteiger partial charge in [0.2, 0.25) is 0 Å². The lowest BCUT2D eigenvalue weighted by Gasteiger charge is -2.10. The molecule has 0 atom stereocenters. The minimum Gasteiger partial charge on any atom is -0.397 e. The van der Waals surface area contributed by atoms with Gasteiger partial charge < -0.3 is 5.73 Å². The molecule has 0 unspecified atom stereocenters. The van der Waals surface area contributed by atoms with Crippen LogP contribution in [0, 0.1) is 13.8 Å². The van der Waals surface area contributed by atoms with Crippen LogP contribution in [0.15, 0.2) is 29.2 Å². The van der Waals surface area contributed by atoms with Crippen LogP contribution < -0.4 is 5.73 Å². The second-order valence-electron chi connectivity index (χ2n) is 4.84. The molecule has 20 heavy (non-hydrogen) atoms. The average molecular weight is 293 g/mol. The zero-order valence-corrected chi connectivity index (χ0v) is 12.7. The summed E-state index contributed by atoms with van der Waals surface area (Å²) in [4.78, 5) is 0.194. The van der Waals surface area contributed by atoms with E-state index in [0.29, 0.717) is 17.9 Å². The maximum Gasteiger partial charge on any atom is 0.186 e. The fourth-order valence-corrected chi connectivity index (χ4v) is 3.75. The Morgan fingerprint density at radius 3 is 2.65 bits per heavy atom. The van der Waals surface area contributed by atoms with Gasteiger partial charge in [0.15, 0.2) is 9.84 Å². The Kier molecular flexibility index (Phi) is 3.85. The Labute approximate surface area is 119 Å². The van der Waals surface area contributed by atoms with Gasteiger partial charge in [-0.15, -0.1) is 0 Å². The first-order valence-electron chi connectivity index (χ1n) is 6.46. The highest BCUT2D eigenvalue weighted by Crippen LogP contribution is 2.25. The molecule has 1 aromatic carbocycles. The highest BCUT2D eigenvalue weighted by molar-refractivity contribution is 7.90. The number of anilines is 1. The molecule has 1 aromatic heterocycles. The third-order valence-corrected chi connectivity index (χ3v) is 4.94. The zero-order chi connectivity index (χ0) is 14.9. The Morgan fingerprint density at radius 1 is 1.30 bits per heavy atom. The Balaban J connectivity index is 2.43. The van der Waals surface area contributed by atoms with E-state index in [1.165, 1.54) is 0 Å². The number of sulfone groups is 1. The summed E-state index contributed by atoms with van der Waals surface area (Å²) in [5, 5.41) is 4.27. The fourth-order valence-electron chi connectivity index (χ4n) is 2.19. The molecule has 5 nitrogen and oxygen atoms in total. The number of benzene rings is 1. The third-order valence-electron chi connectivity index (χ3n) is 3.24. The molecule has 0 saturated heterocycles. The number of nitrogen functional groups attached to an aromatic ring is 1. The van der Waals surface area contributed by atoms with Crippen LogP contribution in [0.2, 0.25) is 0 Å². The summed E-state index contributed by atoms with van der Waals surface area (Å²) in [5.74, 6) is -0.0880. The Bertz CT molecular complexity index is 733. The number of nitrogens with two attached hydrogens (primary N) is 1. The number of para-hydroxylation sites is 1. The van der Waals surface area contributed by atoms with E-state index < -0.39 is 9.84 Å². The van der Waals surface area contributed by atoms with Crippen molar-refractivity contribution in [2.45, 2.75) is 38.0 Å². The van der Waals surface area contributed by atoms with Gasteiger partial charge in [-0.3, -0.25) is 4.68 Å². The number of rotatable bonds is 4. The first-order chi connectivity index (χ1) is 9.35. The van der Waals surface area contributed by atoms with Gasteiger partial charge in [0.25, 0.3) is 0 Å². The van der Waals surface area contributed by atoms with Gasteiger partial charge in [-0.25, -0.2) is 8.42 Å². The second-order valence-corrected chi connectivity index (χ2v) is 6.80. The quantitative estimate of drug-likeness (QED) is 0.875. The van der Waals surface area contributed by atoms with Crippen LogP contribution in [0.4, 0.5) is 5.69 Å². The molecule has 0 aliphatic carbocycles. The lowest BCUT2D eigenvalue weighted by molar-refractivity contribution is 0.586. The largest absolute Gasteiger partial charge is 0.397 e. The summed E-state index contributed by atoms with van der Waals surface area (Å²) >= 11 is 0. The molecule has 0 amide bonds. The molecule has 2 N–H and O–H groups in total. The van der Waals surface area contributed by atoms with E-state index in [1.54, 1.807) is 35.9 Å². The summed E-state index contributed by atoms with van der Waals surface area (Å²) in [7, 11) is -3.47. The molecule has 2 rings (SSSR count). The monoisotopic (exact) mass is 293 g/mol. The minimum absolute atomic E-state index is 0.0880. The second kappa shape index (κ2) is 5.28. The molecule has 108 valence electrons. The van der Waals surface area contributed by atoms with Crippen LogP contribution in [0.3, 0.4) is 0 Å². The number of hydrogen-bond acceptors (Lipinski definition) is 4. The molecule has 0 aliphatic rings. The minimum atomic E-state index is -3.47. The van der Waals surface area contributed by atoms with Gasteiger partial charge in [0.05, 0.1) is 27.7 Å². The smallest absolute Gasteiger partial charge is 0.186 e. The van der Waals surface area contributed by atoms with Crippen molar-refractivity contribution in [3.05, 3.63) is 41.2 Å². The van der Waals surface area contributed by atoms with Gasteiger partial charge in [0, 0.05) is 6.54 Å². The third kappa shape index (κ3) is 2.70. The Hall–Kier alpha value is -1.82. The standard InChI is InChI=1S/C14H19N3O2S/c1-4-17-12(8-11(3)16-17)9-20(18,19)13-7-5-6-10(2)14(13)15/h5-8H,4,9,15H2,1-3H3. The summed E-state index contributed by atoms with van der Waals surface area (Å²) in [6.07, 6.45) is 0. The van der Waals surface area contributed by atoms with E-state index in [2.05, 4.69) is 5.10 Å². The first-order valence-corrected chi connectivity index (χ1v) is 8.11. The van der Waals surface area contributed by atoms with Crippen molar-refractivity contribution in [2.24, 2.45) is 0 Å². The maximum absolute atomic E-state index is 12.5. The Morgan fingerprint density at radius 2 is 2.00 bits per heavy atom. The molecule has 2 aromatic rings. The fraction of sp³-hybridized carbons (Fsp3) is 0.357. The molecule has 0 spiro atoms. The first kappa shape index (κ1) is 14.6. The van der Waals surface area contributed by atoms with Crippen LogP contribution >= 0.6 is 0 Å². The molecular weight excluding hydrogens is 274 g/mol. The summed E-state index contributed by atoms with van der Waals surface area (Å²) in [6.45, 7) is 6.23. The average Bonchev–Trinajstić information content (AvgIpc) is 2.71. The maximum atomic E-state index is 12.5. The lowest BCUT2D eigenvalue weighted by Crippen LogP contribution is -2.12. The van der Waals surface area contributed by atoms with Crippen molar-refractivity contribution in [3.63, 3.8) is 0 Å². The number of aryl methyl sites for hydroxylation is 3. The van der Waals surface area contributed by atoms with E-state index in [1.807, 2.05) is 13.8 Å². The molecule has 0 radical (unpaired) electrons. The van der Waals surface area contributed by atoms with Gasteiger partial charge in [-0.1, -0.05) is 12.1 Å². The van der Waals surface area contributed by atoms with Crippen molar-refractivity contribution in [3.8, 4) is 0 Å². The van der Waals surface area contributed by atoms with E-state index in [0.717, 1.165) is 11.3 Å². The van der Waals surface area contributed by atoms with E-state index in [-0.39, 0.29) is 10.6 Å². The van der Waals surface area contributed by atoms with Crippen molar-refractivity contribution >= 4 is 15.5 Å². The molecule has 0 fully saturated rings. The number of nitrogens with zero attached hydrogens (tertiary/aromatic N) is 2. The lowest BCUT2D eigenvalue weighted by atomic mass is 10.2. The summed E-state index contributed by atoms with van der Waals surface area (Å²) in [6, 6.07) is 6.86. The number of aromatic nitrogens is 2. The molecule has 6 heteroatoms. The topological polar surface area (TPSA) is 78.0 Å². The van der Waals surface area contributed by atoms with Crippen LogP contribution in [0.25, 0.3) is 0 Å². The van der Waals surface area contributed by atoms with Crippen LogP contribution in [0.5, 0.6) is 0 Å². The highest BCUT2D eigenvalue weighted by Gasteiger charge is 2.21. The van der Waals surface area contributed by atoms with Crippen molar-refractivity contribution < 1.29 is 8.42 Å². The molecule has 0 bridgehead atoms. The van der Waals surface area contributed by atoms with Crippen molar-refractivity contribution in [1.82, 2.24) is 9.78 Å². The van der Waals surface area contributed by atoms with Gasteiger partial charge in [-0.05, 0) is 38.5 Å². The zero-order valence-electron chi connectivity index (χ0n) is 11.9. The summed E-state index contributed by atoms with van der Waals surface area (Å²) < 4.78 is 26.8. The highest BCUT2D eigenvalue weighted by atomic mass is 32.2. The molecule has 0 aliphatic heterocycles. The normalized spacial score (nSPS) is 11.8. The number of hydrogen-bond donors (Lipinski definition) is 1. The predicted molar refractivity (Wildman–Crippen MR) is 79.1 cm³/mol. The van der Waals surface area contributed by atoms with Crippen LogP contribution in [-0.4, -0.2) is 18.2 Å². The molecular formula is C14H19N3O2S. The van der Waals surface area contributed by atoms with Gasteiger partial charge >= 0.3 is 0 Å². The van der Waals surface area contributed by atoms with Gasteiger partial charge in [0.1, 0.15) is 0 Å². The van der Waals surface area contributed by atoms with Crippen LogP contribution in [-0.2, 0) is 22.1 Å².